The molecule has 0 bridgehead atoms. The molecule has 0 fully saturated rings. The van der Waals surface area contributed by atoms with E-state index in [-0.39, 0.29) is 0 Å². The summed E-state index contributed by atoms with van der Waals surface area (Å²) in [5, 5.41) is 4.67. The van der Waals surface area contributed by atoms with Crippen LogP contribution in [0.15, 0.2) is 115 Å². The smallest absolute Gasteiger partial charge is 0.0644 e. The summed E-state index contributed by atoms with van der Waals surface area (Å²) in [5.74, 6) is 0. The standard InChI is InChI=1S/C30H34PSi/c1-4-32(5-2,6-3)31(27-20-12-8-13-21-27,28-22-14-9-15-23-28)30-25-17-16-24-29(30)26-18-10-7-11-19-26/h7-25H,4-6H2,1-3H3/q+1. The van der Waals surface area contributed by atoms with Crippen molar-refractivity contribution in [1.82, 2.24) is 0 Å². The average molecular weight is 454 g/mol. The van der Waals surface area contributed by atoms with E-state index in [0.29, 0.717) is 0 Å². The van der Waals surface area contributed by atoms with Gasteiger partial charge in [-0.1, -0.05) is 106 Å². The van der Waals surface area contributed by atoms with Crippen molar-refractivity contribution in [3.8, 4) is 11.1 Å². The van der Waals surface area contributed by atoms with Crippen molar-refractivity contribution in [2.75, 3.05) is 0 Å². The molecule has 4 aromatic carbocycles. The quantitative estimate of drug-likeness (QED) is 0.190. The molecule has 4 rings (SSSR count). The predicted molar refractivity (Wildman–Crippen MR) is 148 cm³/mol. The Morgan fingerprint density at radius 3 is 1.38 bits per heavy atom. The van der Waals surface area contributed by atoms with Crippen LogP contribution in [-0.4, -0.2) is 7.74 Å². The predicted octanol–water partition coefficient (Wildman–Crippen LogP) is 7.65. The van der Waals surface area contributed by atoms with Gasteiger partial charge in [-0.2, -0.15) is 0 Å². The van der Waals surface area contributed by atoms with Crippen molar-refractivity contribution in [1.29, 1.82) is 0 Å². The maximum absolute atomic E-state index is 2.46. The first-order valence-electron chi connectivity index (χ1n) is 11.9. The fraction of sp³-hybridized carbons (Fsp3) is 0.200. The zero-order valence-electron chi connectivity index (χ0n) is 19.5. The van der Waals surface area contributed by atoms with E-state index in [1.54, 1.807) is 15.9 Å². The van der Waals surface area contributed by atoms with Gasteiger partial charge in [-0.15, -0.1) is 0 Å². The van der Waals surface area contributed by atoms with E-state index in [9.17, 15) is 0 Å². The van der Waals surface area contributed by atoms with Crippen molar-refractivity contribution in [3.05, 3.63) is 115 Å². The molecule has 0 nitrogen and oxygen atoms in total. The van der Waals surface area contributed by atoms with Crippen LogP contribution >= 0.6 is 6.81 Å². The molecule has 0 aromatic heterocycles. The zero-order valence-corrected chi connectivity index (χ0v) is 21.4. The normalized spacial score (nSPS) is 12.0. The molecule has 0 aliphatic carbocycles. The van der Waals surface area contributed by atoms with Crippen molar-refractivity contribution in [2.24, 2.45) is 0 Å². The first-order chi connectivity index (χ1) is 15.7. The molecule has 0 unspecified atom stereocenters. The van der Waals surface area contributed by atoms with Crippen LogP contribution in [0.4, 0.5) is 0 Å². The Morgan fingerprint density at radius 1 is 0.500 bits per heavy atom. The Morgan fingerprint density at radius 2 is 0.906 bits per heavy atom. The summed E-state index contributed by atoms with van der Waals surface area (Å²) in [7, 11) is -1.77. The first kappa shape index (κ1) is 22.7. The van der Waals surface area contributed by atoms with E-state index in [1.807, 2.05) is 0 Å². The Balaban J connectivity index is 2.20. The molecule has 0 heterocycles. The Kier molecular flexibility index (Phi) is 7.09. The summed E-state index contributed by atoms with van der Waals surface area (Å²) in [6.07, 6.45) is 0. The highest BCUT2D eigenvalue weighted by Gasteiger charge is 2.62. The number of benzene rings is 4. The van der Waals surface area contributed by atoms with Crippen molar-refractivity contribution >= 4 is 30.5 Å². The van der Waals surface area contributed by atoms with Crippen LogP contribution in [0.25, 0.3) is 11.1 Å². The second-order valence-corrected chi connectivity index (χ2v) is 20.8. The molecule has 0 aliphatic heterocycles. The molecular weight excluding hydrogens is 419 g/mol. The maximum Gasteiger partial charge on any atom is 0.246 e. The average Bonchev–Trinajstić information content (AvgIpc) is 2.89. The first-order valence-corrected chi connectivity index (χ1v) is 17.1. The maximum atomic E-state index is 2.46. The third-order valence-corrected chi connectivity index (χ3v) is 25.3. The molecule has 0 aliphatic rings. The van der Waals surface area contributed by atoms with Gasteiger partial charge < -0.3 is 0 Å². The number of rotatable bonds is 8. The third-order valence-electron chi connectivity index (χ3n) is 7.32. The van der Waals surface area contributed by atoms with Crippen LogP contribution < -0.4 is 15.9 Å². The molecule has 0 atom stereocenters. The van der Waals surface area contributed by atoms with Gasteiger partial charge in [0.15, 0.2) is 0 Å². The summed E-state index contributed by atoms with van der Waals surface area (Å²) in [6, 6.07) is 47.2. The van der Waals surface area contributed by atoms with Gasteiger partial charge in [-0.25, -0.2) is 0 Å². The number of hydrogen-bond donors (Lipinski definition) is 0. The number of hydrogen-bond acceptors (Lipinski definition) is 0. The molecule has 0 amide bonds. The van der Waals surface area contributed by atoms with Gasteiger partial charge in [-0.05, 0) is 54.0 Å². The SMILES string of the molecule is CC[Si](CC)(CC)[P+](c1ccccc1)(c1ccccc1)c1ccccc1-c1ccccc1. The van der Waals surface area contributed by atoms with E-state index < -0.39 is 14.6 Å². The molecule has 0 spiro atoms. The lowest BCUT2D eigenvalue weighted by molar-refractivity contribution is 1.22. The lowest BCUT2D eigenvalue weighted by Crippen LogP contribution is -2.50. The second kappa shape index (κ2) is 9.99. The summed E-state index contributed by atoms with van der Waals surface area (Å²) < 4.78 is 0. The fourth-order valence-electron chi connectivity index (χ4n) is 5.62. The van der Waals surface area contributed by atoms with Gasteiger partial charge in [0.05, 0.1) is 22.7 Å². The van der Waals surface area contributed by atoms with Crippen LogP contribution in [-0.2, 0) is 0 Å². The second-order valence-electron chi connectivity index (χ2n) is 8.51. The van der Waals surface area contributed by atoms with Crippen molar-refractivity contribution in [2.45, 2.75) is 38.9 Å². The summed E-state index contributed by atoms with van der Waals surface area (Å²) >= 11 is 0. The lowest BCUT2D eigenvalue weighted by atomic mass is 10.1. The highest BCUT2D eigenvalue weighted by Crippen LogP contribution is 2.68. The fourth-order valence-corrected chi connectivity index (χ4v) is 23.7. The molecule has 162 valence electrons. The van der Waals surface area contributed by atoms with Crippen LogP contribution in [0.5, 0.6) is 0 Å². The topological polar surface area (TPSA) is 0 Å². The highest BCUT2D eigenvalue weighted by molar-refractivity contribution is 8.22. The summed E-state index contributed by atoms with van der Waals surface area (Å²) in [6.45, 7) is 5.53. The monoisotopic (exact) mass is 453 g/mol. The van der Waals surface area contributed by atoms with Gasteiger partial charge in [0, 0.05) is 5.56 Å². The molecule has 0 saturated heterocycles. The lowest BCUT2D eigenvalue weighted by Gasteiger charge is -2.43. The van der Waals surface area contributed by atoms with Crippen LogP contribution in [0.2, 0.25) is 18.1 Å². The van der Waals surface area contributed by atoms with Crippen molar-refractivity contribution in [3.63, 3.8) is 0 Å². The van der Waals surface area contributed by atoms with Gasteiger partial charge in [0.1, 0.15) is 0 Å². The molecule has 2 heteroatoms. The summed E-state index contributed by atoms with van der Waals surface area (Å²) in [5.41, 5.74) is 2.73. The molecule has 32 heavy (non-hydrogen) atoms. The zero-order chi connectivity index (χ0) is 22.4. The van der Waals surface area contributed by atoms with E-state index in [1.165, 1.54) is 29.3 Å². The Bertz CT molecular complexity index is 1070. The highest BCUT2D eigenvalue weighted by atomic mass is 31.4. The minimum atomic E-state index is -1.86. The van der Waals surface area contributed by atoms with Crippen LogP contribution in [0, 0.1) is 0 Å². The molecule has 0 saturated carbocycles. The third kappa shape index (κ3) is 3.68. The minimum Gasteiger partial charge on any atom is -0.0644 e. The summed E-state index contributed by atoms with van der Waals surface area (Å²) in [4.78, 5) is 0. The van der Waals surface area contributed by atoms with Gasteiger partial charge in [-0.3, -0.25) is 0 Å². The van der Waals surface area contributed by atoms with Gasteiger partial charge >= 0.3 is 0 Å². The van der Waals surface area contributed by atoms with E-state index >= 15 is 0 Å². The van der Waals surface area contributed by atoms with Gasteiger partial charge in [0.25, 0.3) is 0 Å². The molecule has 0 N–H and O–H groups in total. The molecule has 4 aromatic rings. The molecular formula is C30H34PSi+. The van der Waals surface area contributed by atoms with Crippen LogP contribution in [0.1, 0.15) is 20.8 Å². The largest absolute Gasteiger partial charge is 0.246 e. The van der Waals surface area contributed by atoms with Gasteiger partial charge in [0.2, 0.25) is 7.74 Å². The Hall–Kier alpha value is -2.47. The van der Waals surface area contributed by atoms with Crippen molar-refractivity contribution < 1.29 is 0 Å². The van der Waals surface area contributed by atoms with Crippen LogP contribution in [0.3, 0.4) is 0 Å². The Labute approximate surface area is 195 Å². The van der Waals surface area contributed by atoms with E-state index in [0.717, 1.165) is 0 Å². The minimum absolute atomic E-state index is 1.29. The molecule has 0 radical (unpaired) electrons. The van der Waals surface area contributed by atoms with E-state index in [2.05, 4.69) is 136 Å². The van der Waals surface area contributed by atoms with E-state index in [4.69, 9.17) is 0 Å².